The summed E-state index contributed by atoms with van der Waals surface area (Å²) in [6.07, 6.45) is 7.75. The molecule has 0 fully saturated rings. The third-order valence-electron chi connectivity index (χ3n) is 3.64. The lowest BCUT2D eigenvalue weighted by Gasteiger charge is -2.07. The molecule has 2 aromatic rings. The van der Waals surface area contributed by atoms with Gasteiger partial charge < -0.3 is 15.8 Å². The van der Waals surface area contributed by atoms with E-state index in [9.17, 15) is 0 Å². The zero-order valence-electron chi connectivity index (χ0n) is 14.8. The van der Waals surface area contributed by atoms with Crippen molar-refractivity contribution in [2.75, 3.05) is 30.7 Å². The molecule has 0 amide bonds. The number of nitrogens with two attached hydrogens (primary N) is 1. The van der Waals surface area contributed by atoms with Crippen molar-refractivity contribution < 1.29 is 4.74 Å². The number of nitrogens with zero attached hydrogens (tertiary/aromatic N) is 3. The van der Waals surface area contributed by atoms with Crippen LogP contribution < -0.4 is 15.8 Å². The van der Waals surface area contributed by atoms with Gasteiger partial charge in [0, 0.05) is 19.3 Å². The summed E-state index contributed by atoms with van der Waals surface area (Å²) in [5.41, 5.74) is 6.74. The standard InChI is InChI=1S/C18H27N5OS/c1-2-3-4-5-10-20-14-15-8-6-9-16(13-15)24-12-7-11-21-18-17(19)22-25-23-18/h6,8-9,13-14H,2-5,7,10-12H2,1H3,(H2,19,22)(H,21,23). The average Bonchev–Trinajstić information content (AvgIpc) is 3.03. The summed E-state index contributed by atoms with van der Waals surface area (Å²) in [6, 6.07) is 8.02. The smallest absolute Gasteiger partial charge is 0.184 e. The van der Waals surface area contributed by atoms with E-state index in [-0.39, 0.29) is 0 Å². The van der Waals surface area contributed by atoms with Gasteiger partial charge in [-0.05, 0) is 30.5 Å². The highest BCUT2D eigenvalue weighted by molar-refractivity contribution is 6.99. The first-order valence-electron chi connectivity index (χ1n) is 8.84. The first-order valence-corrected chi connectivity index (χ1v) is 9.57. The van der Waals surface area contributed by atoms with E-state index >= 15 is 0 Å². The Kier molecular flexibility index (Phi) is 8.75. The maximum atomic E-state index is 5.79. The largest absolute Gasteiger partial charge is 0.494 e. The van der Waals surface area contributed by atoms with E-state index in [1.54, 1.807) is 0 Å². The number of hydrogen-bond donors (Lipinski definition) is 2. The molecule has 25 heavy (non-hydrogen) atoms. The van der Waals surface area contributed by atoms with Crippen LogP contribution in [0, 0.1) is 0 Å². The Morgan fingerprint density at radius 2 is 2.16 bits per heavy atom. The third-order valence-corrected chi connectivity index (χ3v) is 4.18. The Bertz CT molecular complexity index is 644. The van der Waals surface area contributed by atoms with Crippen molar-refractivity contribution in [3.63, 3.8) is 0 Å². The topological polar surface area (TPSA) is 85.4 Å². The van der Waals surface area contributed by atoms with Gasteiger partial charge >= 0.3 is 0 Å². The number of nitrogens with one attached hydrogen (secondary N) is 1. The Hall–Kier alpha value is -2.15. The molecule has 1 aromatic heterocycles. The van der Waals surface area contributed by atoms with E-state index in [1.165, 1.54) is 19.3 Å². The summed E-state index contributed by atoms with van der Waals surface area (Å²) in [7, 11) is 0. The molecule has 0 saturated carbocycles. The van der Waals surface area contributed by atoms with Gasteiger partial charge in [-0.3, -0.25) is 4.99 Å². The van der Waals surface area contributed by atoms with Crippen molar-refractivity contribution in [1.29, 1.82) is 0 Å². The lowest BCUT2D eigenvalue weighted by molar-refractivity contribution is 0.315. The quantitative estimate of drug-likeness (QED) is 0.441. The van der Waals surface area contributed by atoms with Crippen LogP contribution in [0.1, 0.15) is 44.6 Å². The first kappa shape index (κ1) is 19.2. The van der Waals surface area contributed by atoms with Gasteiger partial charge in [-0.1, -0.05) is 38.3 Å². The number of rotatable bonds is 12. The van der Waals surface area contributed by atoms with Gasteiger partial charge in [-0.15, -0.1) is 0 Å². The molecule has 0 aliphatic carbocycles. The summed E-state index contributed by atoms with van der Waals surface area (Å²) < 4.78 is 13.8. The summed E-state index contributed by atoms with van der Waals surface area (Å²) in [5, 5.41) is 3.15. The molecular weight excluding hydrogens is 334 g/mol. The molecule has 0 unspecified atom stereocenters. The highest BCUT2D eigenvalue weighted by atomic mass is 32.1. The number of ether oxygens (including phenoxy) is 1. The molecule has 1 aromatic carbocycles. The number of hydrogen-bond acceptors (Lipinski definition) is 7. The second-order valence-corrected chi connectivity index (χ2v) is 6.32. The Morgan fingerprint density at radius 1 is 1.24 bits per heavy atom. The number of benzene rings is 1. The van der Waals surface area contributed by atoms with Crippen LogP contribution in [0.5, 0.6) is 5.75 Å². The lowest BCUT2D eigenvalue weighted by atomic mass is 10.2. The summed E-state index contributed by atoms with van der Waals surface area (Å²) >= 11 is 1.11. The minimum absolute atomic E-state index is 0.451. The maximum absolute atomic E-state index is 5.79. The molecular formula is C18H27N5OS. The Morgan fingerprint density at radius 3 is 2.96 bits per heavy atom. The predicted molar refractivity (Wildman–Crippen MR) is 106 cm³/mol. The van der Waals surface area contributed by atoms with E-state index < -0.39 is 0 Å². The van der Waals surface area contributed by atoms with Gasteiger partial charge in [0.05, 0.1) is 18.3 Å². The highest BCUT2D eigenvalue weighted by Crippen LogP contribution is 2.14. The fourth-order valence-corrected chi connectivity index (χ4v) is 2.73. The van der Waals surface area contributed by atoms with Gasteiger partial charge in [-0.25, -0.2) is 0 Å². The molecule has 0 aliphatic heterocycles. The highest BCUT2D eigenvalue weighted by Gasteiger charge is 2.02. The van der Waals surface area contributed by atoms with E-state index in [1.807, 2.05) is 30.5 Å². The van der Waals surface area contributed by atoms with Crippen LogP contribution in [0.3, 0.4) is 0 Å². The normalized spacial score (nSPS) is 11.1. The monoisotopic (exact) mass is 361 g/mol. The third kappa shape index (κ3) is 7.51. The van der Waals surface area contributed by atoms with Gasteiger partial charge in [-0.2, -0.15) is 8.75 Å². The van der Waals surface area contributed by atoms with Crippen molar-refractivity contribution in [2.45, 2.75) is 39.0 Å². The molecule has 6 nitrogen and oxygen atoms in total. The molecule has 1 heterocycles. The average molecular weight is 362 g/mol. The van der Waals surface area contributed by atoms with Crippen LogP contribution >= 0.6 is 11.7 Å². The van der Waals surface area contributed by atoms with E-state index in [4.69, 9.17) is 10.5 Å². The van der Waals surface area contributed by atoms with Gasteiger partial charge in [0.2, 0.25) is 0 Å². The second kappa shape index (κ2) is 11.4. The summed E-state index contributed by atoms with van der Waals surface area (Å²) in [6.45, 7) is 4.48. The van der Waals surface area contributed by atoms with Crippen molar-refractivity contribution in [3.8, 4) is 5.75 Å². The van der Waals surface area contributed by atoms with Crippen LogP contribution in [0.25, 0.3) is 0 Å². The minimum Gasteiger partial charge on any atom is -0.494 e. The van der Waals surface area contributed by atoms with E-state index in [0.717, 1.165) is 49.0 Å². The van der Waals surface area contributed by atoms with Gasteiger partial charge in [0.25, 0.3) is 0 Å². The van der Waals surface area contributed by atoms with Crippen LogP contribution in [0.15, 0.2) is 29.3 Å². The van der Waals surface area contributed by atoms with Crippen LogP contribution in [0.4, 0.5) is 11.6 Å². The fourth-order valence-electron chi connectivity index (χ4n) is 2.27. The van der Waals surface area contributed by atoms with Crippen molar-refractivity contribution >= 4 is 29.6 Å². The maximum Gasteiger partial charge on any atom is 0.184 e. The first-order chi connectivity index (χ1) is 12.3. The number of aliphatic imine (C=N–C) groups is 1. The van der Waals surface area contributed by atoms with E-state index in [0.29, 0.717) is 18.2 Å². The predicted octanol–water partition coefficient (Wildman–Crippen LogP) is 4.00. The molecule has 0 spiro atoms. The zero-order chi connectivity index (χ0) is 17.7. The SMILES string of the molecule is CCCCCCN=Cc1cccc(OCCCNc2nsnc2N)c1. The van der Waals surface area contributed by atoms with Gasteiger partial charge in [0.15, 0.2) is 11.6 Å². The summed E-state index contributed by atoms with van der Waals surface area (Å²) in [4.78, 5) is 4.49. The van der Waals surface area contributed by atoms with Crippen LogP contribution in [0.2, 0.25) is 0 Å². The molecule has 7 heteroatoms. The molecule has 136 valence electrons. The molecule has 0 saturated heterocycles. The minimum atomic E-state index is 0.451. The molecule has 0 radical (unpaired) electrons. The molecule has 0 bridgehead atoms. The van der Waals surface area contributed by atoms with Crippen LogP contribution in [-0.4, -0.2) is 34.7 Å². The van der Waals surface area contributed by atoms with Crippen molar-refractivity contribution in [3.05, 3.63) is 29.8 Å². The lowest BCUT2D eigenvalue weighted by Crippen LogP contribution is -2.08. The van der Waals surface area contributed by atoms with Crippen molar-refractivity contribution in [2.24, 2.45) is 4.99 Å². The molecule has 0 aliphatic rings. The Balaban J connectivity index is 1.65. The number of nitrogen functional groups attached to an aromatic ring is 1. The van der Waals surface area contributed by atoms with Crippen molar-refractivity contribution in [1.82, 2.24) is 8.75 Å². The zero-order valence-corrected chi connectivity index (χ0v) is 15.6. The van der Waals surface area contributed by atoms with Crippen LogP contribution in [-0.2, 0) is 0 Å². The molecule has 3 N–H and O–H groups in total. The molecule has 2 rings (SSSR count). The second-order valence-electron chi connectivity index (χ2n) is 5.80. The number of anilines is 2. The van der Waals surface area contributed by atoms with Gasteiger partial charge in [0.1, 0.15) is 5.75 Å². The number of unbranched alkanes of at least 4 members (excludes halogenated alkanes) is 3. The Labute approximate surface area is 153 Å². The molecule has 0 atom stereocenters. The summed E-state index contributed by atoms with van der Waals surface area (Å²) in [5.74, 6) is 1.97. The fraction of sp³-hybridized carbons (Fsp3) is 0.500. The number of aromatic nitrogens is 2. The van der Waals surface area contributed by atoms with E-state index in [2.05, 4.69) is 26.0 Å².